The number of hydrogen-bond acceptors (Lipinski definition) is 6. The Morgan fingerprint density at radius 2 is 1.95 bits per heavy atom. The van der Waals surface area contributed by atoms with Gasteiger partial charge in [0, 0.05) is 12.7 Å². The van der Waals surface area contributed by atoms with E-state index >= 15 is 0 Å². The van der Waals surface area contributed by atoms with Crippen LogP contribution in [0.25, 0.3) is 0 Å². The molecular formula is C13H16N4O3S. The molecule has 0 aliphatic heterocycles. The molecular weight excluding hydrogens is 292 g/mol. The van der Waals surface area contributed by atoms with Crippen molar-refractivity contribution in [2.75, 3.05) is 12.5 Å². The molecule has 7 nitrogen and oxygen atoms in total. The van der Waals surface area contributed by atoms with Gasteiger partial charge in [-0.15, -0.1) is 0 Å². The summed E-state index contributed by atoms with van der Waals surface area (Å²) in [6, 6.07) is 10.2. The van der Waals surface area contributed by atoms with Gasteiger partial charge in [0.15, 0.2) is 5.03 Å². The van der Waals surface area contributed by atoms with Gasteiger partial charge < -0.3 is 10.2 Å². The summed E-state index contributed by atoms with van der Waals surface area (Å²) in [6.07, 6.45) is 1.39. The summed E-state index contributed by atoms with van der Waals surface area (Å²) < 4.78 is 31.9. The monoisotopic (exact) mass is 308 g/mol. The van der Waals surface area contributed by atoms with E-state index in [0.717, 1.165) is 5.56 Å². The van der Waals surface area contributed by atoms with E-state index < -0.39 is 10.0 Å². The van der Waals surface area contributed by atoms with E-state index in [0.29, 0.717) is 5.75 Å². The Balaban J connectivity index is 2.13. The number of rotatable bonds is 6. The maximum Gasteiger partial charge on any atom is 0.260 e. The Labute approximate surface area is 123 Å². The van der Waals surface area contributed by atoms with Gasteiger partial charge in [0.1, 0.15) is 5.75 Å². The molecule has 0 fully saturated rings. The number of aromatic nitrogens is 1. The lowest BCUT2D eigenvalue weighted by Gasteiger charge is -2.10. The highest BCUT2D eigenvalue weighted by Crippen LogP contribution is 2.17. The third-order valence-corrected chi connectivity index (χ3v) is 4.17. The maximum atomic E-state index is 12.2. The Morgan fingerprint density at radius 1 is 1.24 bits per heavy atom. The maximum absolute atomic E-state index is 12.2. The summed E-state index contributed by atoms with van der Waals surface area (Å²) in [6.45, 7) is 0.146. The molecule has 1 aromatic carbocycles. The molecule has 2 aromatic rings. The second kappa shape index (κ2) is 6.53. The van der Waals surface area contributed by atoms with Gasteiger partial charge in [-0.3, -0.25) is 5.84 Å². The molecule has 0 radical (unpaired) electrons. The molecule has 0 aliphatic carbocycles. The van der Waals surface area contributed by atoms with E-state index in [1.54, 1.807) is 37.4 Å². The number of nitrogens with zero attached hydrogens (tertiary/aromatic N) is 1. The molecule has 8 heteroatoms. The van der Waals surface area contributed by atoms with Gasteiger partial charge in [0.2, 0.25) is 0 Å². The topological polar surface area (TPSA) is 106 Å². The van der Waals surface area contributed by atoms with E-state index in [1.165, 1.54) is 12.3 Å². The number of ether oxygens (including phenoxy) is 1. The molecule has 0 spiro atoms. The molecule has 0 saturated heterocycles. The van der Waals surface area contributed by atoms with Crippen LogP contribution in [-0.2, 0) is 16.6 Å². The first-order chi connectivity index (χ1) is 10.1. The normalized spacial score (nSPS) is 11.1. The fourth-order valence-corrected chi connectivity index (χ4v) is 2.81. The second-order valence-electron chi connectivity index (χ2n) is 4.17. The molecule has 0 atom stereocenters. The number of methoxy groups -OCH3 is 1. The summed E-state index contributed by atoms with van der Waals surface area (Å²) in [5, 5.41) is -0.138. The van der Waals surface area contributed by atoms with Gasteiger partial charge in [-0.25, -0.2) is 18.1 Å². The predicted molar refractivity (Wildman–Crippen MR) is 79.1 cm³/mol. The molecule has 4 N–H and O–H groups in total. The molecule has 0 amide bonds. The highest BCUT2D eigenvalue weighted by Gasteiger charge is 2.19. The van der Waals surface area contributed by atoms with Crippen molar-refractivity contribution in [3.8, 4) is 5.75 Å². The average Bonchev–Trinajstić information content (AvgIpc) is 2.53. The highest BCUT2D eigenvalue weighted by atomic mass is 32.2. The SMILES string of the molecule is COc1ccc(CNS(=O)(=O)c2ncccc2NN)cc1. The van der Waals surface area contributed by atoms with Gasteiger partial charge in [-0.05, 0) is 29.8 Å². The van der Waals surface area contributed by atoms with Crippen LogP contribution in [-0.4, -0.2) is 20.5 Å². The quantitative estimate of drug-likeness (QED) is 0.539. The first-order valence-electron chi connectivity index (χ1n) is 6.11. The molecule has 0 unspecified atom stereocenters. The molecule has 0 bridgehead atoms. The molecule has 2 rings (SSSR count). The second-order valence-corrected chi connectivity index (χ2v) is 5.86. The number of pyridine rings is 1. The third-order valence-electron chi connectivity index (χ3n) is 2.81. The lowest BCUT2D eigenvalue weighted by atomic mass is 10.2. The number of hydrazine groups is 1. The van der Waals surface area contributed by atoms with Crippen molar-refractivity contribution in [3.05, 3.63) is 48.2 Å². The Morgan fingerprint density at radius 3 is 2.57 bits per heavy atom. The third kappa shape index (κ3) is 3.69. The lowest BCUT2D eigenvalue weighted by molar-refractivity contribution is 0.414. The molecule has 21 heavy (non-hydrogen) atoms. The smallest absolute Gasteiger partial charge is 0.260 e. The van der Waals surface area contributed by atoms with Crippen LogP contribution in [0.4, 0.5) is 5.69 Å². The van der Waals surface area contributed by atoms with E-state index in [4.69, 9.17) is 10.6 Å². The highest BCUT2D eigenvalue weighted by molar-refractivity contribution is 7.89. The Hall–Kier alpha value is -2.16. The fraction of sp³-hybridized carbons (Fsp3) is 0.154. The van der Waals surface area contributed by atoms with Crippen LogP contribution >= 0.6 is 0 Å². The van der Waals surface area contributed by atoms with Crippen molar-refractivity contribution in [3.63, 3.8) is 0 Å². The average molecular weight is 308 g/mol. The van der Waals surface area contributed by atoms with Crippen molar-refractivity contribution >= 4 is 15.7 Å². The summed E-state index contributed by atoms with van der Waals surface area (Å²) in [5.41, 5.74) is 3.36. The largest absolute Gasteiger partial charge is 0.497 e. The first kappa shape index (κ1) is 15.2. The van der Waals surface area contributed by atoms with E-state index in [1.807, 2.05) is 0 Å². The number of nitrogens with one attached hydrogen (secondary N) is 2. The summed E-state index contributed by atoms with van der Waals surface area (Å²) in [5.74, 6) is 6.00. The standard InChI is InChI=1S/C13H16N4O3S/c1-20-11-6-4-10(5-7-11)9-16-21(18,19)13-12(17-14)3-2-8-15-13/h2-8,16-17H,9,14H2,1H3. The zero-order valence-corrected chi connectivity index (χ0v) is 12.2. The summed E-state index contributed by atoms with van der Waals surface area (Å²) in [4.78, 5) is 3.85. The molecule has 1 aromatic heterocycles. The molecule has 0 aliphatic rings. The van der Waals surface area contributed by atoms with Crippen molar-refractivity contribution in [2.24, 2.45) is 5.84 Å². The van der Waals surface area contributed by atoms with E-state index in [2.05, 4.69) is 15.1 Å². The fourth-order valence-electron chi connectivity index (χ4n) is 1.70. The van der Waals surface area contributed by atoms with Crippen LogP contribution in [0, 0.1) is 0 Å². The van der Waals surface area contributed by atoms with Gasteiger partial charge in [-0.2, -0.15) is 0 Å². The number of sulfonamides is 1. The van der Waals surface area contributed by atoms with Crippen molar-refractivity contribution in [1.82, 2.24) is 9.71 Å². The van der Waals surface area contributed by atoms with Crippen LogP contribution in [0.3, 0.4) is 0 Å². The van der Waals surface area contributed by atoms with Crippen LogP contribution in [0.2, 0.25) is 0 Å². The number of nitrogens with two attached hydrogens (primary N) is 1. The van der Waals surface area contributed by atoms with Crippen molar-refractivity contribution < 1.29 is 13.2 Å². The first-order valence-corrected chi connectivity index (χ1v) is 7.59. The number of anilines is 1. The minimum Gasteiger partial charge on any atom is -0.497 e. The van der Waals surface area contributed by atoms with Gasteiger partial charge >= 0.3 is 0 Å². The Kier molecular flexibility index (Phi) is 4.73. The summed E-state index contributed by atoms with van der Waals surface area (Å²) in [7, 11) is -2.18. The van der Waals surface area contributed by atoms with Crippen molar-refractivity contribution in [2.45, 2.75) is 11.6 Å². The van der Waals surface area contributed by atoms with Crippen LogP contribution < -0.4 is 20.7 Å². The van der Waals surface area contributed by atoms with Crippen LogP contribution in [0.15, 0.2) is 47.6 Å². The van der Waals surface area contributed by atoms with Crippen LogP contribution in [0.5, 0.6) is 5.75 Å². The molecule has 1 heterocycles. The molecule has 112 valence electrons. The van der Waals surface area contributed by atoms with E-state index in [9.17, 15) is 8.42 Å². The number of benzene rings is 1. The van der Waals surface area contributed by atoms with Gasteiger partial charge in [-0.1, -0.05) is 12.1 Å². The van der Waals surface area contributed by atoms with Gasteiger partial charge in [0.25, 0.3) is 10.0 Å². The molecule has 0 saturated carbocycles. The van der Waals surface area contributed by atoms with Gasteiger partial charge in [0.05, 0.1) is 12.8 Å². The van der Waals surface area contributed by atoms with Crippen molar-refractivity contribution in [1.29, 1.82) is 0 Å². The number of nitrogen functional groups attached to an aromatic ring is 1. The van der Waals surface area contributed by atoms with Crippen LogP contribution in [0.1, 0.15) is 5.56 Å². The minimum absolute atomic E-state index is 0.138. The zero-order chi connectivity index (χ0) is 15.3. The zero-order valence-electron chi connectivity index (χ0n) is 11.4. The number of hydrogen-bond donors (Lipinski definition) is 3. The Bertz CT molecular complexity index is 702. The summed E-state index contributed by atoms with van der Waals surface area (Å²) >= 11 is 0. The van der Waals surface area contributed by atoms with E-state index in [-0.39, 0.29) is 17.3 Å². The minimum atomic E-state index is -3.75. The predicted octanol–water partition coefficient (Wildman–Crippen LogP) is 0.854. The lowest BCUT2D eigenvalue weighted by Crippen LogP contribution is -2.26.